The minimum atomic E-state index is -1.50. The summed E-state index contributed by atoms with van der Waals surface area (Å²) in [7, 11) is -1.50. The van der Waals surface area contributed by atoms with E-state index in [1.807, 2.05) is 0 Å². The van der Waals surface area contributed by atoms with Crippen LogP contribution in [0, 0.1) is 41.5 Å². The SMILES string of the molecule is Cc1cc(C)c(N2C=C([Si](C)(C)C)N(c3c(C)cc(C)cc3C)C2)c(C)c1. The highest BCUT2D eigenvalue weighted by Gasteiger charge is 2.34. The van der Waals surface area contributed by atoms with E-state index in [9.17, 15) is 0 Å². The van der Waals surface area contributed by atoms with Crippen LogP contribution in [0.5, 0.6) is 0 Å². The summed E-state index contributed by atoms with van der Waals surface area (Å²) in [5, 5.41) is 1.51. The largest absolute Gasteiger partial charge is 0.329 e. The Morgan fingerprint density at radius 3 is 1.48 bits per heavy atom. The molecule has 3 heteroatoms. The van der Waals surface area contributed by atoms with E-state index in [2.05, 4.69) is 101 Å². The smallest absolute Gasteiger partial charge is 0.100 e. The quantitative estimate of drug-likeness (QED) is 0.559. The van der Waals surface area contributed by atoms with Crippen LogP contribution in [-0.4, -0.2) is 14.7 Å². The van der Waals surface area contributed by atoms with Gasteiger partial charge in [0.25, 0.3) is 0 Å². The van der Waals surface area contributed by atoms with Gasteiger partial charge in [0.2, 0.25) is 0 Å². The van der Waals surface area contributed by atoms with Gasteiger partial charge in [0.15, 0.2) is 0 Å². The van der Waals surface area contributed by atoms with Crippen molar-refractivity contribution in [2.45, 2.75) is 61.2 Å². The minimum Gasteiger partial charge on any atom is -0.329 e. The summed E-state index contributed by atoms with van der Waals surface area (Å²) in [5.41, 5.74) is 10.9. The molecule has 2 aromatic carbocycles. The van der Waals surface area contributed by atoms with E-state index in [-0.39, 0.29) is 0 Å². The monoisotopic (exact) mass is 378 g/mol. The molecule has 0 saturated carbocycles. The van der Waals surface area contributed by atoms with E-state index in [1.54, 1.807) is 0 Å². The summed E-state index contributed by atoms with van der Waals surface area (Å²) in [6, 6.07) is 9.23. The van der Waals surface area contributed by atoms with Crippen LogP contribution in [0.25, 0.3) is 0 Å². The fraction of sp³-hybridized carbons (Fsp3) is 0.417. The predicted molar refractivity (Wildman–Crippen MR) is 123 cm³/mol. The van der Waals surface area contributed by atoms with E-state index in [4.69, 9.17) is 0 Å². The van der Waals surface area contributed by atoms with Crippen LogP contribution in [0.15, 0.2) is 35.8 Å². The molecule has 2 nitrogen and oxygen atoms in total. The van der Waals surface area contributed by atoms with Gasteiger partial charge in [-0.15, -0.1) is 0 Å². The molecular weight excluding hydrogens is 344 g/mol. The Bertz CT molecular complexity index is 872. The summed E-state index contributed by atoms with van der Waals surface area (Å²) >= 11 is 0. The van der Waals surface area contributed by atoms with Gasteiger partial charge in [0, 0.05) is 22.9 Å². The van der Waals surface area contributed by atoms with Crippen molar-refractivity contribution in [3.05, 3.63) is 69.2 Å². The van der Waals surface area contributed by atoms with E-state index in [0.29, 0.717) is 0 Å². The first kappa shape index (κ1) is 19.8. The molecule has 0 N–H and O–H groups in total. The maximum absolute atomic E-state index is 2.58. The molecule has 144 valence electrons. The summed E-state index contributed by atoms with van der Waals surface area (Å²) in [6.07, 6.45) is 2.43. The van der Waals surface area contributed by atoms with Crippen LogP contribution in [0.4, 0.5) is 11.4 Å². The normalized spacial score (nSPS) is 14.8. The van der Waals surface area contributed by atoms with Crippen LogP contribution < -0.4 is 9.80 Å². The minimum absolute atomic E-state index is 0.898. The second-order valence-electron chi connectivity index (χ2n) is 9.30. The van der Waals surface area contributed by atoms with Crippen molar-refractivity contribution in [3.8, 4) is 0 Å². The zero-order valence-electron chi connectivity index (χ0n) is 18.5. The number of rotatable bonds is 3. The lowest BCUT2D eigenvalue weighted by molar-refractivity contribution is 0.945. The number of hydrogen-bond donors (Lipinski definition) is 0. The van der Waals surface area contributed by atoms with Crippen LogP contribution in [0.2, 0.25) is 19.6 Å². The van der Waals surface area contributed by atoms with Crippen LogP contribution in [-0.2, 0) is 0 Å². The molecule has 1 aliphatic rings. The Hall–Kier alpha value is -2.00. The molecular formula is C24H34N2Si. The van der Waals surface area contributed by atoms with Crippen molar-refractivity contribution in [1.29, 1.82) is 0 Å². The molecule has 0 fully saturated rings. The molecule has 1 aliphatic heterocycles. The molecule has 0 atom stereocenters. The zero-order valence-corrected chi connectivity index (χ0v) is 19.5. The first-order chi connectivity index (χ1) is 12.5. The lowest BCUT2D eigenvalue weighted by Crippen LogP contribution is -2.37. The van der Waals surface area contributed by atoms with Crippen molar-refractivity contribution in [1.82, 2.24) is 0 Å². The van der Waals surface area contributed by atoms with Crippen LogP contribution >= 0.6 is 0 Å². The third kappa shape index (κ3) is 3.70. The fourth-order valence-electron chi connectivity index (χ4n) is 4.64. The lowest BCUT2D eigenvalue weighted by atomic mass is 10.0. The maximum atomic E-state index is 2.58. The standard InChI is InChI=1S/C24H34N2Si/c1-16-10-18(3)23(19(4)11-16)25-14-22(27(7,8)9)26(15-25)24-20(5)12-17(2)13-21(24)6/h10-14H,15H2,1-9H3. The molecule has 0 bridgehead atoms. The molecule has 0 saturated heterocycles. The summed E-state index contributed by atoms with van der Waals surface area (Å²) in [4.78, 5) is 5.05. The van der Waals surface area contributed by atoms with Gasteiger partial charge in [-0.05, 0) is 63.8 Å². The van der Waals surface area contributed by atoms with Crippen molar-refractivity contribution in [2.24, 2.45) is 0 Å². The van der Waals surface area contributed by atoms with Crippen LogP contribution in [0.1, 0.15) is 33.4 Å². The average molecular weight is 379 g/mol. The Balaban J connectivity index is 2.13. The molecule has 2 aromatic rings. The van der Waals surface area contributed by atoms with Crippen molar-refractivity contribution < 1.29 is 0 Å². The summed E-state index contributed by atoms with van der Waals surface area (Å²) in [5.74, 6) is 0. The van der Waals surface area contributed by atoms with Gasteiger partial charge in [-0.3, -0.25) is 0 Å². The van der Waals surface area contributed by atoms with Crippen molar-refractivity contribution >= 4 is 19.4 Å². The zero-order chi connectivity index (χ0) is 20.1. The summed E-state index contributed by atoms with van der Waals surface area (Å²) in [6.45, 7) is 21.6. The second kappa shape index (κ2) is 6.86. The number of benzene rings is 2. The molecule has 0 aromatic heterocycles. The molecule has 0 unspecified atom stereocenters. The van der Waals surface area contributed by atoms with Gasteiger partial charge >= 0.3 is 0 Å². The Morgan fingerprint density at radius 1 is 0.667 bits per heavy atom. The van der Waals surface area contributed by atoms with Gasteiger partial charge < -0.3 is 9.80 Å². The Kier molecular flexibility index (Phi) is 5.02. The third-order valence-electron chi connectivity index (χ3n) is 5.46. The van der Waals surface area contributed by atoms with Gasteiger partial charge in [-0.25, -0.2) is 0 Å². The summed E-state index contributed by atoms with van der Waals surface area (Å²) < 4.78 is 0. The predicted octanol–water partition coefficient (Wildman–Crippen LogP) is 6.54. The average Bonchev–Trinajstić information content (AvgIpc) is 2.89. The first-order valence-corrected chi connectivity index (χ1v) is 13.4. The van der Waals surface area contributed by atoms with E-state index in [0.717, 1.165) is 6.67 Å². The Morgan fingerprint density at radius 2 is 1.07 bits per heavy atom. The highest BCUT2D eigenvalue weighted by molar-refractivity contribution is 6.83. The number of aryl methyl sites for hydroxylation is 6. The number of anilines is 2. The highest BCUT2D eigenvalue weighted by atomic mass is 28.3. The van der Waals surface area contributed by atoms with E-state index < -0.39 is 8.07 Å². The van der Waals surface area contributed by atoms with Gasteiger partial charge in [0.1, 0.15) is 8.07 Å². The second-order valence-corrected chi connectivity index (χ2v) is 14.3. The maximum Gasteiger partial charge on any atom is 0.100 e. The van der Waals surface area contributed by atoms with Gasteiger partial charge in [-0.2, -0.15) is 0 Å². The third-order valence-corrected chi connectivity index (χ3v) is 7.39. The Labute approximate surface area is 166 Å². The van der Waals surface area contributed by atoms with E-state index in [1.165, 1.54) is 50.1 Å². The molecule has 1 heterocycles. The molecule has 0 radical (unpaired) electrons. The molecule has 27 heavy (non-hydrogen) atoms. The van der Waals surface area contributed by atoms with Gasteiger partial charge in [0.05, 0.1) is 6.67 Å². The van der Waals surface area contributed by atoms with Crippen molar-refractivity contribution in [3.63, 3.8) is 0 Å². The molecule has 0 aliphatic carbocycles. The van der Waals surface area contributed by atoms with Crippen molar-refractivity contribution in [2.75, 3.05) is 16.5 Å². The molecule has 3 rings (SSSR count). The van der Waals surface area contributed by atoms with Crippen LogP contribution in [0.3, 0.4) is 0 Å². The van der Waals surface area contributed by atoms with E-state index >= 15 is 0 Å². The lowest BCUT2D eigenvalue weighted by Gasteiger charge is -2.32. The molecule has 0 amide bonds. The van der Waals surface area contributed by atoms with Gasteiger partial charge in [-0.1, -0.05) is 55.0 Å². The molecule has 0 spiro atoms. The first-order valence-electron chi connectivity index (χ1n) is 9.91. The fourth-order valence-corrected chi connectivity index (χ4v) is 6.17. The number of nitrogens with zero attached hydrogens (tertiary/aromatic N) is 2. The highest BCUT2D eigenvalue weighted by Crippen LogP contribution is 2.39. The number of hydrogen-bond acceptors (Lipinski definition) is 2. The topological polar surface area (TPSA) is 6.48 Å².